The molecule has 1 fully saturated rings. The third kappa shape index (κ3) is 4.97. The van der Waals surface area contributed by atoms with Gasteiger partial charge in [0.15, 0.2) is 0 Å². The van der Waals surface area contributed by atoms with Crippen molar-refractivity contribution >= 4 is 12.4 Å². The van der Waals surface area contributed by atoms with Gasteiger partial charge >= 0.3 is 0 Å². The van der Waals surface area contributed by atoms with Gasteiger partial charge in [-0.3, -0.25) is 0 Å². The third-order valence-corrected chi connectivity index (χ3v) is 4.99. The number of aryl methyl sites for hydroxylation is 2. The van der Waals surface area contributed by atoms with Crippen molar-refractivity contribution in [2.75, 3.05) is 13.1 Å². The van der Waals surface area contributed by atoms with Crippen molar-refractivity contribution in [3.05, 3.63) is 64.7 Å². The first-order chi connectivity index (χ1) is 11.6. The second-order valence-electron chi connectivity index (χ2n) is 6.87. The van der Waals surface area contributed by atoms with Gasteiger partial charge in [-0.2, -0.15) is 0 Å². The Balaban J connectivity index is 0.00000225. The number of piperidine rings is 1. The molecule has 0 unspecified atom stereocenters. The van der Waals surface area contributed by atoms with Gasteiger partial charge in [-0.05, 0) is 68.0 Å². The third-order valence-electron chi connectivity index (χ3n) is 4.99. The molecule has 0 radical (unpaired) electrons. The fourth-order valence-corrected chi connectivity index (χ4v) is 3.61. The zero-order valence-corrected chi connectivity index (χ0v) is 15.9. The standard InChI is InChI=1S/C21H28N2O.ClH/c1-15-12-19(20(22)18-8-10-23-11-9-18)13-16(2)21(15)24-14-17-6-4-3-5-7-17;/h3-7,12-13,18,20,23H,8-11,14,22H2,1-2H3;1H/t20-;/m1./s1. The lowest BCUT2D eigenvalue weighted by molar-refractivity contribution is 0.300. The van der Waals surface area contributed by atoms with Gasteiger partial charge in [-0.25, -0.2) is 0 Å². The van der Waals surface area contributed by atoms with E-state index in [0.717, 1.165) is 31.7 Å². The Labute approximate surface area is 157 Å². The molecule has 1 saturated heterocycles. The number of hydrogen-bond donors (Lipinski definition) is 2. The second-order valence-corrected chi connectivity index (χ2v) is 6.87. The fraction of sp³-hybridized carbons (Fsp3) is 0.429. The number of rotatable bonds is 5. The van der Waals surface area contributed by atoms with E-state index in [2.05, 4.69) is 43.4 Å². The van der Waals surface area contributed by atoms with Crippen molar-refractivity contribution in [2.45, 2.75) is 39.3 Å². The van der Waals surface area contributed by atoms with Crippen LogP contribution in [0.4, 0.5) is 0 Å². The van der Waals surface area contributed by atoms with Crippen LogP contribution in [0.5, 0.6) is 5.75 Å². The molecule has 0 aromatic heterocycles. The summed E-state index contributed by atoms with van der Waals surface area (Å²) < 4.78 is 6.08. The van der Waals surface area contributed by atoms with E-state index in [-0.39, 0.29) is 18.4 Å². The van der Waals surface area contributed by atoms with Gasteiger partial charge in [0.1, 0.15) is 12.4 Å². The summed E-state index contributed by atoms with van der Waals surface area (Å²) in [6, 6.07) is 14.8. The quantitative estimate of drug-likeness (QED) is 0.835. The normalized spacial score (nSPS) is 16.1. The summed E-state index contributed by atoms with van der Waals surface area (Å²) in [6.07, 6.45) is 2.32. The highest BCUT2D eigenvalue weighted by atomic mass is 35.5. The van der Waals surface area contributed by atoms with E-state index in [9.17, 15) is 0 Å². The van der Waals surface area contributed by atoms with Crippen molar-refractivity contribution < 1.29 is 4.74 Å². The van der Waals surface area contributed by atoms with E-state index in [1.165, 1.54) is 22.3 Å². The predicted octanol–water partition coefficient (Wildman–Crippen LogP) is 4.30. The highest BCUT2D eigenvalue weighted by Crippen LogP contribution is 2.32. The minimum Gasteiger partial charge on any atom is -0.488 e. The molecule has 1 aliphatic heterocycles. The van der Waals surface area contributed by atoms with E-state index in [0.29, 0.717) is 12.5 Å². The monoisotopic (exact) mass is 360 g/mol. The summed E-state index contributed by atoms with van der Waals surface area (Å²) in [5, 5.41) is 3.41. The molecule has 1 aliphatic rings. The Morgan fingerprint density at radius 1 is 1.08 bits per heavy atom. The Kier molecular flexibility index (Phi) is 7.30. The van der Waals surface area contributed by atoms with Crippen molar-refractivity contribution in [3.63, 3.8) is 0 Å². The van der Waals surface area contributed by atoms with Crippen molar-refractivity contribution in [1.82, 2.24) is 5.32 Å². The van der Waals surface area contributed by atoms with Crippen LogP contribution in [0, 0.1) is 19.8 Å². The first kappa shape index (κ1) is 19.8. The molecular weight excluding hydrogens is 332 g/mol. The molecule has 3 nitrogen and oxygen atoms in total. The van der Waals surface area contributed by atoms with Gasteiger partial charge in [-0.15, -0.1) is 12.4 Å². The minimum atomic E-state index is 0. The van der Waals surface area contributed by atoms with E-state index in [4.69, 9.17) is 10.5 Å². The van der Waals surface area contributed by atoms with Crippen molar-refractivity contribution in [1.29, 1.82) is 0 Å². The molecule has 0 bridgehead atoms. The Morgan fingerprint density at radius 3 is 2.28 bits per heavy atom. The number of nitrogens with one attached hydrogen (secondary N) is 1. The van der Waals surface area contributed by atoms with Crippen LogP contribution in [0.1, 0.15) is 41.1 Å². The number of nitrogens with two attached hydrogens (primary N) is 1. The molecule has 2 aromatic carbocycles. The number of halogens is 1. The average molecular weight is 361 g/mol. The molecule has 0 aliphatic carbocycles. The molecular formula is C21H29ClN2O. The Bertz CT molecular complexity index is 646. The highest BCUT2D eigenvalue weighted by molar-refractivity contribution is 5.85. The van der Waals surface area contributed by atoms with E-state index in [1.54, 1.807) is 0 Å². The van der Waals surface area contributed by atoms with Crippen LogP contribution in [0.25, 0.3) is 0 Å². The van der Waals surface area contributed by atoms with Gasteiger partial charge in [0.05, 0.1) is 0 Å². The van der Waals surface area contributed by atoms with Crippen LogP contribution in [-0.4, -0.2) is 13.1 Å². The molecule has 3 N–H and O–H groups in total. The molecule has 1 atom stereocenters. The van der Waals surface area contributed by atoms with Gasteiger partial charge in [-0.1, -0.05) is 42.5 Å². The van der Waals surface area contributed by atoms with Gasteiger partial charge in [0.25, 0.3) is 0 Å². The maximum atomic E-state index is 6.55. The Morgan fingerprint density at radius 2 is 1.68 bits per heavy atom. The molecule has 3 rings (SSSR count). The molecule has 25 heavy (non-hydrogen) atoms. The topological polar surface area (TPSA) is 47.3 Å². The van der Waals surface area contributed by atoms with Crippen molar-refractivity contribution in [3.8, 4) is 5.75 Å². The lowest BCUT2D eigenvalue weighted by Crippen LogP contribution is -2.33. The predicted molar refractivity (Wildman–Crippen MR) is 106 cm³/mol. The summed E-state index contributed by atoms with van der Waals surface area (Å²) >= 11 is 0. The van der Waals surface area contributed by atoms with Crippen LogP contribution in [0.3, 0.4) is 0 Å². The molecule has 2 aromatic rings. The minimum absolute atomic E-state index is 0. The second kappa shape index (κ2) is 9.23. The van der Waals surface area contributed by atoms with Crippen LogP contribution in [0.15, 0.2) is 42.5 Å². The largest absolute Gasteiger partial charge is 0.488 e. The summed E-state index contributed by atoms with van der Waals surface area (Å²) in [5.41, 5.74) is 11.3. The van der Waals surface area contributed by atoms with Crippen LogP contribution >= 0.6 is 12.4 Å². The first-order valence-corrected chi connectivity index (χ1v) is 8.89. The van der Waals surface area contributed by atoms with Crippen molar-refractivity contribution in [2.24, 2.45) is 11.7 Å². The average Bonchev–Trinajstić information content (AvgIpc) is 2.62. The molecule has 0 saturated carbocycles. The maximum Gasteiger partial charge on any atom is 0.125 e. The lowest BCUT2D eigenvalue weighted by atomic mass is 9.85. The molecule has 0 amide bonds. The van der Waals surface area contributed by atoms with Gasteiger partial charge in [0.2, 0.25) is 0 Å². The van der Waals surface area contributed by atoms with E-state index in [1.807, 2.05) is 18.2 Å². The zero-order chi connectivity index (χ0) is 16.9. The van der Waals surface area contributed by atoms with Crippen LogP contribution < -0.4 is 15.8 Å². The Hall–Kier alpha value is -1.55. The van der Waals surface area contributed by atoms with Crippen LogP contribution in [0.2, 0.25) is 0 Å². The van der Waals surface area contributed by atoms with E-state index >= 15 is 0 Å². The SMILES string of the molecule is Cc1cc([C@H](N)C2CCNCC2)cc(C)c1OCc1ccccc1.Cl. The summed E-state index contributed by atoms with van der Waals surface area (Å²) in [7, 11) is 0. The lowest BCUT2D eigenvalue weighted by Gasteiger charge is -2.29. The maximum absolute atomic E-state index is 6.55. The summed E-state index contributed by atoms with van der Waals surface area (Å²) in [5.74, 6) is 1.56. The van der Waals surface area contributed by atoms with Gasteiger partial charge < -0.3 is 15.8 Å². The smallest absolute Gasteiger partial charge is 0.125 e. The number of ether oxygens (including phenoxy) is 1. The highest BCUT2D eigenvalue weighted by Gasteiger charge is 2.22. The van der Waals surface area contributed by atoms with Gasteiger partial charge in [0, 0.05) is 6.04 Å². The molecule has 4 heteroatoms. The molecule has 1 heterocycles. The van der Waals surface area contributed by atoms with E-state index < -0.39 is 0 Å². The summed E-state index contributed by atoms with van der Waals surface area (Å²) in [6.45, 7) is 6.99. The first-order valence-electron chi connectivity index (χ1n) is 8.89. The summed E-state index contributed by atoms with van der Waals surface area (Å²) in [4.78, 5) is 0. The van der Waals surface area contributed by atoms with Crippen LogP contribution in [-0.2, 0) is 6.61 Å². The number of hydrogen-bond acceptors (Lipinski definition) is 3. The fourth-order valence-electron chi connectivity index (χ4n) is 3.61. The molecule has 136 valence electrons. The molecule has 0 spiro atoms. The number of benzene rings is 2. The zero-order valence-electron chi connectivity index (χ0n) is 15.1.